The zero-order chi connectivity index (χ0) is 22.1. The van der Waals surface area contributed by atoms with Crippen molar-refractivity contribution in [3.63, 3.8) is 0 Å². The van der Waals surface area contributed by atoms with E-state index in [1.807, 2.05) is 0 Å². The van der Waals surface area contributed by atoms with Gasteiger partial charge in [-0.2, -0.15) is 8.78 Å². The van der Waals surface area contributed by atoms with E-state index in [-0.39, 0.29) is 17.0 Å². The number of carbonyl (C=O) groups is 1. The summed E-state index contributed by atoms with van der Waals surface area (Å²) in [5, 5.41) is 11.1. The molecule has 4 rings (SSSR count). The summed E-state index contributed by atoms with van der Waals surface area (Å²) in [5.74, 6) is -0.215. The summed E-state index contributed by atoms with van der Waals surface area (Å²) < 4.78 is 32.8. The lowest BCUT2D eigenvalue weighted by atomic mass is 10.2. The number of halogens is 2. The number of fused-ring (bicyclic) bond motifs is 3. The standard InChI is InChI=1S/C20H17F2N5O3S/c1-11(16(28)23-13-8-4-6-10-15(13)30-18(21)22)31-20-25-24-19-26(2)17(29)12-7-3-5-9-14(12)27(19)20/h3-11,18H,1-2H3,(H,23,28). The van der Waals surface area contributed by atoms with Crippen LogP contribution in [-0.4, -0.2) is 36.9 Å². The molecule has 1 unspecified atom stereocenters. The summed E-state index contributed by atoms with van der Waals surface area (Å²) in [6.07, 6.45) is 0. The van der Waals surface area contributed by atoms with Gasteiger partial charge < -0.3 is 10.1 Å². The van der Waals surface area contributed by atoms with Gasteiger partial charge >= 0.3 is 6.61 Å². The number of alkyl halides is 2. The van der Waals surface area contributed by atoms with Crippen LogP contribution in [0.3, 0.4) is 0 Å². The predicted octanol–water partition coefficient (Wildman–Crippen LogP) is 3.30. The molecule has 0 aliphatic heterocycles. The predicted molar refractivity (Wildman–Crippen MR) is 113 cm³/mol. The van der Waals surface area contributed by atoms with Crippen LogP contribution >= 0.6 is 11.8 Å². The Labute approximate surface area is 178 Å². The quantitative estimate of drug-likeness (QED) is 0.458. The molecule has 0 aliphatic rings. The maximum atomic E-state index is 12.7. The molecule has 0 fully saturated rings. The number of anilines is 1. The lowest BCUT2D eigenvalue weighted by Crippen LogP contribution is -2.23. The minimum Gasteiger partial charge on any atom is -0.433 e. The molecular formula is C20H17F2N5O3S. The van der Waals surface area contributed by atoms with Gasteiger partial charge in [-0.15, -0.1) is 10.2 Å². The Morgan fingerprint density at radius 2 is 1.84 bits per heavy atom. The number of rotatable bonds is 6. The monoisotopic (exact) mass is 445 g/mol. The fraction of sp³-hybridized carbons (Fsp3) is 0.200. The first-order chi connectivity index (χ1) is 14.9. The molecule has 31 heavy (non-hydrogen) atoms. The number of nitrogens with one attached hydrogen (secondary N) is 1. The maximum Gasteiger partial charge on any atom is 0.387 e. The fourth-order valence-corrected chi connectivity index (χ4v) is 3.96. The Balaban J connectivity index is 1.63. The molecule has 0 saturated carbocycles. The van der Waals surface area contributed by atoms with Crippen molar-refractivity contribution in [1.82, 2.24) is 19.2 Å². The van der Waals surface area contributed by atoms with Crippen LogP contribution < -0.4 is 15.6 Å². The van der Waals surface area contributed by atoms with Gasteiger partial charge in [-0.1, -0.05) is 36.0 Å². The maximum absolute atomic E-state index is 12.7. The average molecular weight is 445 g/mol. The summed E-state index contributed by atoms with van der Waals surface area (Å²) in [4.78, 5) is 25.2. The Morgan fingerprint density at radius 1 is 1.13 bits per heavy atom. The van der Waals surface area contributed by atoms with Crippen molar-refractivity contribution in [3.05, 3.63) is 58.9 Å². The van der Waals surface area contributed by atoms with E-state index in [9.17, 15) is 18.4 Å². The molecule has 11 heteroatoms. The highest BCUT2D eigenvalue weighted by Gasteiger charge is 2.22. The smallest absolute Gasteiger partial charge is 0.387 e. The van der Waals surface area contributed by atoms with E-state index < -0.39 is 17.8 Å². The Morgan fingerprint density at radius 3 is 2.61 bits per heavy atom. The molecule has 0 aliphatic carbocycles. The third-order valence-corrected chi connectivity index (χ3v) is 5.65. The molecule has 2 heterocycles. The third kappa shape index (κ3) is 3.96. The van der Waals surface area contributed by atoms with Gasteiger partial charge in [-0.05, 0) is 31.2 Å². The van der Waals surface area contributed by atoms with Gasteiger partial charge in [0.25, 0.3) is 5.56 Å². The van der Waals surface area contributed by atoms with Gasteiger partial charge in [0, 0.05) is 7.05 Å². The van der Waals surface area contributed by atoms with Crippen LogP contribution in [0, 0.1) is 0 Å². The second kappa shape index (κ2) is 8.34. The summed E-state index contributed by atoms with van der Waals surface area (Å²) in [5.41, 5.74) is 0.559. The number of aromatic nitrogens is 4. The zero-order valence-corrected chi connectivity index (χ0v) is 17.3. The fourth-order valence-electron chi connectivity index (χ4n) is 3.10. The molecule has 1 atom stereocenters. The normalized spacial score (nSPS) is 12.4. The summed E-state index contributed by atoms with van der Waals surface area (Å²) in [7, 11) is 1.60. The van der Waals surface area contributed by atoms with Gasteiger partial charge in [0.15, 0.2) is 5.16 Å². The summed E-state index contributed by atoms with van der Waals surface area (Å²) in [6.45, 7) is -1.35. The van der Waals surface area contributed by atoms with E-state index in [2.05, 4.69) is 20.3 Å². The first kappa shape index (κ1) is 20.8. The van der Waals surface area contributed by atoms with Crippen molar-refractivity contribution < 1.29 is 18.3 Å². The van der Waals surface area contributed by atoms with E-state index in [0.717, 1.165) is 11.8 Å². The molecule has 2 aromatic heterocycles. The zero-order valence-electron chi connectivity index (χ0n) is 16.5. The minimum absolute atomic E-state index is 0.128. The number of hydrogen-bond acceptors (Lipinski definition) is 6. The molecule has 0 radical (unpaired) electrons. The Kier molecular flexibility index (Phi) is 5.59. The van der Waals surface area contributed by atoms with Gasteiger partial charge in [-0.3, -0.25) is 18.6 Å². The number of hydrogen-bond donors (Lipinski definition) is 1. The van der Waals surface area contributed by atoms with Gasteiger partial charge in [0.05, 0.1) is 21.8 Å². The van der Waals surface area contributed by atoms with Crippen molar-refractivity contribution in [1.29, 1.82) is 0 Å². The van der Waals surface area contributed by atoms with Crippen molar-refractivity contribution >= 4 is 40.0 Å². The average Bonchev–Trinajstić information content (AvgIpc) is 3.17. The van der Waals surface area contributed by atoms with Crippen LogP contribution in [0.4, 0.5) is 14.5 Å². The lowest BCUT2D eigenvalue weighted by molar-refractivity contribution is -0.115. The van der Waals surface area contributed by atoms with E-state index in [4.69, 9.17) is 0 Å². The number of nitrogens with zero attached hydrogens (tertiary/aromatic N) is 4. The van der Waals surface area contributed by atoms with E-state index in [0.29, 0.717) is 21.8 Å². The van der Waals surface area contributed by atoms with Crippen LogP contribution in [0.2, 0.25) is 0 Å². The van der Waals surface area contributed by atoms with E-state index in [1.165, 1.54) is 22.8 Å². The molecule has 0 saturated heterocycles. The van der Waals surface area contributed by atoms with Crippen LogP contribution in [0.25, 0.3) is 16.7 Å². The van der Waals surface area contributed by atoms with Crippen molar-refractivity contribution in [2.24, 2.45) is 7.05 Å². The number of para-hydroxylation sites is 3. The second-order valence-electron chi connectivity index (χ2n) is 6.62. The van der Waals surface area contributed by atoms with Crippen molar-refractivity contribution in [2.45, 2.75) is 23.9 Å². The highest BCUT2D eigenvalue weighted by atomic mass is 32.2. The first-order valence-electron chi connectivity index (χ1n) is 9.21. The highest BCUT2D eigenvalue weighted by Crippen LogP contribution is 2.29. The number of carbonyl (C=O) groups excluding carboxylic acids is 1. The van der Waals surface area contributed by atoms with Gasteiger partial charge in [-0.25, -0.2) is 0 Å². The minimum atomic E-state index is -3.01. The molecule has 2 aromatic carbocycles. The number of amides is 1. The van der Waals surface area contributed by atoms with Crippen LogP contribution in [-0.2, 0) is 11.8 Å². The molecule has 4 aromatic rings. The highest BCUT2D eigenvalue weighted by molar-refractivity contribution is 8.00. The molecule has 0 bridgehead atoms. The summed E-state index contributed by atoms with van der Waals surface area (Å²) in [6, 6.07) is 13.0. The number of aryl methyl sites for hydroxylation is 1. The van der Waals surface area contributed by atoms with Crippen molar-refractivity contribution in [3.8, 4) is 5.75 Å². The number of thioether (sulfide) groups is 1. The SMILES string of the molecule is CC(Sc1nnc2n(C)c(=O)c3ccccc3n12)C(=O)Nc1ccccc1OC(F)F. The number of benzene rings is 2. The lowest BCUT2D eigenvalue weighted by Gasteiger charge is -2.14. The molecular weight excluding hydrogens is 428 g/mol. The van der Waals surface area contributed by atoms with Gasteiger partial charge in [0.1, 0.15) is 5.75 Å². The number of ether oxygens (including phenoxy) is 1. The third-order valence-electron chi connectivity index (χ3n) is 4.61. The summed E-state index contributed by atoms with van der Waals surface area (Å²) >= 11 is 1.13. The van der Waals surface area contributed by atoms with Crippen LogP contribution in [0.1, 0.15) is 6.92 Å². The molecule has 160 valence electrons. The molecule has 1 amide bonds. The Hall–Kier alpha value is -3.47. The topological polar surface area (TPSA) is 90.5 Å². The Bertz CT molecular complexity index is 1340. The largest absolute Gasteiger partial charge is 0.433 e. The molecule has 8 nitrogen and oxygen atoms in total. The first-order valence-corrected chi connectivity index (χ1v) is 10.1. The van der Waals surface area contributed by atoms with Crippen molar-refractivity contribution in [2.75, 3.05) is 5.32 Å². The van der Waals surface area contributed by atoms with Crippen LogP contribution in [0.15, 0.2) is 58.5 Å². The second-order valence-corrected chi connectivity index (χ2v) is 7.93. The molecule has 1 N–H and O–H groups in total. The van der Waals surface area contributed by atoms with Gasteiger partial charge in [0.2, 0.25) is 11.7 Å². The molecule has 0 spiro atoms. The van der Waals surface area contributed by atoms with E-state index >= 15 is 0 Å². The van der Waals surface area contributed by atoms with Crippen LogP contribution in [0.5, 0.6) is 5.75 Å². The van der Waals surface area contributed by atoms with E-state index in [1.54, 1.807) is 48.7 Å².